The zero-order valence-electron chi connectivity index (χ0n) is 9.85. The van der Waals surface area contributed by atoms with Crippen molar-refractivity contribution in [2.45, 2.75) is 25.7 Å². The molecule has 1 N–H and O–H groups in total. The molecule has 0 spiro atoms. The standard InChI is InChI=1S/C13H18ClNO/c1-9-5-6-11(12(14)13(9)16-2)10-4-3-7-15-8-10/h5-6,10,15H,3-4,7-8H2,1-2H3. The minimum atomic E-state index is 0.524. The first kappa shape index (κ1) is 11.7. The first-order chi connectivity index (χ1) is 7.74. The highest BCUT2D eigenvalue weighted by Crippen LogP contribution is 2.37. The fraction of sp³-hybridized carbons (Fsp3) is 0.538. The summed E-state index contributed by atoms with van der Waals surface area (Å²) in [7, 11) is 1.68. The Labute approximate surface area is 102 Å². The first-order valence-electron chi connectivity index (χ1n) is 5.77. The molecule has 88 valence electrons. The maximum atomic E-state index is 6.39. The minimum Gasteiger partial charge on any atom is -0.495 e. The number of hydrogen-bond acceptors (Lipinski definition) is 2. The maximum Gasteiger partial charge on any atom is 0.140 e. The third kappa shape index (κ3) is 2.18. The number of ether oxygens (including phenoxy) is 1. The van der Waals surface area contributed by atoms with E-state index in [1.807, 2.05) is 6.92 Å². The molecule has 16 heavy (non-hydrogen) atoms. The van der Waals surface area contributed by atoms with Gasteiger partial charge in [-0.15, -0.1) is 0 Å². The van der Waals surface area contributed by atoms with Crippen LogP contribution in [0.25, 0.3) is 0 Å². The van der Waals surface area contributed by atoms with Gasteiger partial charge in [0.05, 0.1) is 12.1 Å². The number of methoxy groups -OCH3 is 1. The van der Waals surface area contributed by atoms with E-state index in [-0.39, 0.29) is 0 Å². The van der Waals surface area contributed by atoms with Crippen LogP contribution < -0.4 is 10.1 Å². The molecule has 0 bridgehead atoms. The van der Waals surface area contributed by atoms with E-state index in [2.05, 4.69) is 17.4 Å². The van der Waals surface area contributed by atoms with Crippen LogP contribution in [0.5, 0.6) is 5.75 Å². The summed E-state index contributed by atoms with van der Waals surface area (Å²) in [5.74, 6) is 1.35. The van der Waals surface area contributed by atoms with E-state index in [4.69, 9.17) is 16.3 Å². The molecule has 0 aliphatic carbocycles. The molecule has 1 aromatic rings. The van der Waals surface area contributed by atoms with Crippen molar-refractivity contribution in [1.29, 1.82) is 0 Å². The van der Waals surface area contributed by atoms with Gasteiger partial charge in [-0.3, -0.25) is 0 Å². The van der Waals surface area contributed by atoms with Crippen LogP contribution in [0.4, 0.5) is 0 Å². The van der Waals surface area contributed by atoms with Crippen LogP contribution >= 0.6 is 11.6 Å². The second-order valence-electron chi connectivity index (χ2n) is 4.36. The number of piperidine rings is 1. The van der Waals surface area contributed by atoms with Crippen molar-refractivity contribution in [1.82, 2.24) is 5.32 Å². The topological polar surface area (TPSA) is 21.3 Å². The number of halogens is 1. The van der Waals surface area contributed by atoms with Crippen molar-refractivity contribution in [3.8, 4) is 5.75 Å². The van der Waals surface area contributed by atoms with Gasteiger partial charge in [0.25, 0.3) is 0 Å². The molecule has 1 heterocycles. The van der Waals surface area contributed by atoms with E-state index in [0.717, 1.165) is 29.4 Å². The van der Waals surface area contributed by atoms with Crippen LogP contribution in [-0.2, 0) is 0 Å². The number of hydrogen-bond donors (Lipinski definition) is 1. The molecule has 1 aromatic carbocycles. The van der Waals surface area contributed by atoms with E-state index >= 15 is 0 Å². The highest BCUT2D eigenvalue weighted by molar-refractivity contribution is 6.33. The predicted octanol–water partition coefficient (Wildman–Crippen LogP) is 3.12. The molecule has 1 unspecified atom stereocenters. The number of nitrogens with one attached hydrogen (secondary N) is 1. The van der Waals surface area contributed by atoms with Crippen LogP contribution in [0.2, 0.25) is 5.02 Å². The van der Waals surface area contributed by atoms with Crippen molar-refractivity contribution < 1.29 is 4.74 Å². The third-order valence-electron chi connectivity index (χ3n) is 3.26. The van der Waals surface area contributed by atoms with Crippen LogP contribution in [0.3, 0.4) is 0 Å². The molecule has 2 nitrogen and oxygen atoms in total. The van der Waals surface area contributed by atoms with Gasteiger partial charge in [0, 0.05) is 6.54 Å². The molecule has 1 aliphatic rings. The van der Waals surface area contributed by atoms with E-state index in [1.54, 1.807) is 7.11 Å². The van der Waals surface area contributed by atoms with Crippen molar-refractivity contribution in [3.63, 3.8) is 0 Å². The molecular formula is C13H18ClNO. The van der Waals surface area contributed by atoms with Crippen LogP contribution in [0, 0.1) is 6.92 Å². The van der Waals surface area contributed by atoms with Gasteiger partial charge >= 0.3 is 0 Å². The minimum absolute atomic E-state index is 0.524. The Balaban J connectivity index is 2.33. The molecule has 1 fully saturated rings. The number of rotatable bonds is 2. The van der Waals surface area contributed by atoms with E-state index in [0.29, 0.717) is 5.92 Å². The van der Waals surface area contributed by atoms with Gasteiger partial charge in [-0.25, -0.2) is 0 Å². The number of benzene rings is 1. The predicted molar refractivity (Wildman–Crippen MR) is 67.6 cm³/mol. The fourth-order valence-corrected chi connectivity index (χ4v) is 2.79. The van der Waals surface area contributed by atoms with Crippen LogP contribution in [-0.4, -0.2) is 20.2 Å². The van der Waals surface area contributed by atoms with E-state index in [9.17, 15) is 0 Å². The smallest absolute Gasteiger partial charge is 0.140 e. The molecule has 1 saturated heterocycles. The van der Waals surface area contributed by atoms with Crippen molar-refractivity contribution >= 4 is 11.6 Å². The van der Waals surface area contributed by atoms with Gasteiger partial charge in [-0.2, -0.15) is 0 Å². The van der Waals surface area contributed by atoms with Crippen LogP contribution in [0.15, 0.2) is 12.1 Å². The van der Waals surface area contributed by atoms with Crippen molar-refractivity contribution in [3.05, 3.63) is 28.3 Å². The summed E-state index contributed by atoms with van der Waals surface area (Å²) in [6, 6.07) is 4.23. The van der Waals surface area contributed by atoms with Gasteiger partial charge < -0.3 is 10.1 Å². The monoisotopic (exact) mass is 239 g/mol. The second kappa shape index (κ2) is 5.07. The lowest BCUT2D eigenvalue weighted by atomic mass is 9.91. The molecule has 1 atom stereocenters. The molecule has 0 saturated carbocycles. The lowest BCUT2D eigenvalue weighted by molar-refractivity contribution is 0.408. The molecular weight excluding hydrogens is 222 g/mol. The third-order valence-corrected chi connectivity index (χ3v) is 3.65. The molecule has 0 aromatic heterocycles. The maximum absolute atomic E-state index is 6.39. The Hall–Kier alpha value is -0.730. The number of aryl methyl sites for hydroxylation is 1. The molecule has 1 aliphatic heterocycles. The van der Waals surface area contributed by atoms with Gasteiger partial charge in [0.15, 0.2) is 0 Å². The summed E-state index contributed by atoms with van der Waals surface area (Å²) >= 11 is 6.39. The first-order valence-corrected chi connectivity index (χ1v) is 6.15. The van der Waals surface area contributed by atoms with Crippen molar-refractivity contribution in [2.75, 3.05) is 20.2 Å². The molecule has 3 heteroatoms. The summed E-state index contributed by atoms with van der Waals surface area (Å²) in [6.45, 7) is 4.16. The Morgan fingerprint density at radius 2 is 2.25 bits per heavy atom. The Morgan fingerprint density at radius 1 is 1.44 bits per heavy atom. The van der Waals surface area contributed by atoms with E-state index < -0.39 is 0 Å². The lowest BCUT2D eigenvalue weighted by Crippen LogP contribution is -2.28. The normalized spacial score (nSPS) is 20.8. The van der Waals surface area contributed by atoms with Gasteiger partial charge in [-0.1, -0.05) is 23.7 Å². The van der Waals surface area contributed by atoms with Gasteiger partial charge in [-0.05, 0) is 43.4 Å². The largest absolute Gasteiger partial charge is 0.495 e. The van der Waals surface area contributed by atoms with Crippen molar-refractivity contribution in [2.24, 2.45) is 0 Å². The Kier molecular flexibility index (Phi) is 3.72. The average molecular weight is 240 g/mol. The summed E-state index contributed by atoms with van der Waals surface area (Å²) in [5.41, 5.74) is 2.32. The lowest BCUT2D eigenvalue weighted by Gasteiger charge is -2.25. The van der Waals surface area contributed by atoms with E-state index in [1.165, 1.54) is 18.4 Å². The molecule has 2 rings (SSSR count). The highest BCUT2D eigenvalue weighted by Gasteiger charge is 2.20. The molecule has 0 amide bonds. The summed E-state index contributed by atoms with van der Waals surface area (Å²) in [5, 5.41) is 4.20. The zero-order valence-corrected chi connectivity index (χ0v) is 10.6. The summed E-state index contributed by atoms with van der Waals surface area (Å²) in [4.78, 5) is 0. The molecule has 0 radical (unpaired) electrons. The second-order valence-corrected chi connectivity index (χ2v) is 4.74. The zero-order chi connectivity index (χ0) is 11.5. The Morgan fingerprint density at radius 3 is 2.88 bits per heavy atom. The SMILES string of the molecule is COc1c(C)ccc(C2CCCNC2)c1Cl. The van der Waals surface area contributed by atoms with Gasteiger partial charge in [0.2, 0.25) is 0 Å². The van der Waals surface area contributed by atoms with Crippen LogP contribution in [0.1, 0.15) is 29.9 Å². The quantitative estimate of drug-likeness (QED) is 0.856. The Bertz CT molecular complexity index is 372. The summed E-state index contributed by atoms with van der Waals surface area (Å²) < 4.78 is 5.35. The highest BCUT2D eigenvalue weighted by atomic mass is 35.5. The fourth-order valence-electron chi connectivity index (χ4n) is 2.35. The average Bonchev–Trinajstić information content (AvgIpc) is 2.31. The van der Waals surface area contributed by atoms with Gasteiger partial charge in [0.1, 0.15) is 5.75 Å². The summed E-state index contributed by atoms with van der Waals surface area (Å²) in [6.07, 6.45) is 2.43.